The summed E-state index contributed by atoms with van der Waals surface area (Å²) in [6, 6.07) is 6.91. The van der Waals surface area contributed by atoms with Gasteiger partial charge in [0.1, 0.15) is 23.8 Å². The van der Waals surface area contributed by atoms with Crippen molar-refractivity contribution < 1.29 is 23.0 Å². The van der Waals surface area contributed by atoms with E-state index < -0.39 is 18.0 Å². The number of aliphatic hydroxyl groups excluding tert-OH is 1. The van der Waals surface area contributed by atoms with Crippen molar-refractivity contribution in [3.8, 4) is 23.2 Å². The van der Waals surface area contributed by atoms with Gasteiger partial charge in [0, 0.05) is 74.6 Å². The zero-order valence-corrected chi connectivity index (χ0v) is 24.1. The molecule has 0 unspecified atom stereocenters. The van der Waals surface area contributed by atoms with Crippen LogP contribution in [0.15, 0.2) is 43.1 Å². The normalized spacial score (nSPS) is 17.9. The third-order valence-corrected chi connectivity index (χ3v) is 8.26. The largest absolute Gasteiger partial charge is 0.474 e. The minimum absolute atomic E-state index is 0.0229. The third kappa shape index (κ3) is 7.01. The number of pyridine rings is 1. The molecule has 6 heterocycles. The summed E-state index contributed by atoms with van der Waals surface area (Å²) in [5.74, 6) is -0.0229. The SMILES string of the molecule is N#CCCC[C@@H](Cn1cc(-c2ncnc3[nH]ccc23)cn1)N1CCC(Oc2cc(CN3CC(O)C3)cc(C(F)(F)F)n2)CC1. The molecule has 14 heteroatoms. The van der Waals surface area contributed by atoms with Crippen LogP contribution in [0.5, 0.6) is 5.88 Å². The van der Waals surface area contributed by atoms with E-state index in [0.29, 0.717) is 64.1 Å². The number of unbranched alkanes of at least 4 members (excludes halogenated alkanes) is 1. The van der Waals surface area contributed by atoms with E-state index in [4.69, 9.17) is 10.00 Å². The summed E-state index contributed by atoms with van der Waals surface area (Å²) in [5, 5.41) is 24.2. The predicted molar refractivity (Wildman–Crippen MR) is 154 cm³/mol. The summed E-state index contributed by atoms with van der Waals surface area (Å²) in [4.78, 5) is 19.8. The highest BCUT2D eigenvalue weighted by Gasteiger charge is 2.35. The molecule has 44 heavy (non-hydrogen) atoms. The van der Waals surface area contributed by atoms with Gasteiger partial charge in [0.2, 0.25) is 5.88 Å². The number of halogens is 3. The average molecular weight is 610 g/mol. The van der Waals surface area contributed by atoms with Crippen LogP contribution in [0.2, 0.25) is 0 Å². The Morgan fingerprint density at radius 1 is 1.18 bits per heavy atom. The van der Waals surface area contributed by atoms with Gasteiger partial charge >= 0.3 is 6.18 Å². The number of likely N-dealkylation sites (tertiary alicyclic amines) is 2. The van der Waals surface area contributed by atoms with Crippen LogP contribution in [0.1, 0.15) is 43.4 Å². The van der Waals surface area contributed by atoms with E-state index in [0.717, 1.165) is 41.2 Å². The number of alkyl halides is 3. The molecule has 2 saturated heterocycles. The Balaban J connectivity index is 1.10. The van der Waals surface area contributed by atoms with E-state index in [9.17, 15) is 18.3 Å². The molecule has 2 N–H and O–H groups in total. The number of ether oxygens (including phenoxy) is 1. The summed E-state index contributed by atoms with van der Waals surface area (Å²) in [5.41, 5.74) is 1.93. The van der Waals surface area contributed by atoms with Gasteiger partial charge in [-0.25, -0.2) is 15.0 Å². The molecule has 2 fully saturated rings. The lowest BCUT2D eigenvalue weighted by Crippen LogP contribution is -2.49. The molecule has 0 bridgehead atoms. The molecule has 232 valence electrons. The molecule has 2 aliphatic heterocycles. The highest BCUT2D eigenvalue weighted by Crippen LogP contribution is 2.32. The fraction of sp³-hybridized carbons (Fsp3) is 0.500. The maximum atomic E-state index is 13.6. The van der Waals surface area contributed by atoms with E-state index in [1.807, 2.05) is 28.0 Å². The number of nitriles is 1. The maximum Gasteiger partial charge on any atom is 0.433 e. The highest BCUT2D eigenvalue weighted by atomic mass is 19.4. The van der Waals surface area contributed by atoms with Gasteiger partial charge < -0.3 is 14.8 Å². The van der Waals surface area contributed by atoms with Crippen molar-refractivity contribution in [1.29, 1.82) is 5.26 Å². The number of aliphatic hydroxyl groups is 1. The van der Waals surface area contributed by atoms with Gasteiger partial charge in [-0.15, -0.1) is 0 Å². The number of aromatic nitrogens is 6. The molecular weight excluding hydrogens is 575 g/mol. The number of nitrogens with one attached hydrogen (secondary N) is 1. The predicted octanol–water partition coefficient (Wildman–Crippen LogP) is 4.02. The van der Waals surface area contributed by atoms with Gasteiger partial charge in [-0.1, -0.05) is 0 Å². The van der Waals surface area contributed by atoms with Crippen LogP contribution in [0.3, 0.4) is 0 Å². The first-order chi connectivity index (χ1) is 21.2. The Morgan fingerprint density at radius 3 is 2.75 bits per heavy atom. The molecule has 0 radical (unpaired) electrons. The molecule has 2 aliphatic rings. The summed E-state index contributed by atoms with van der Waals surface area (Å²) in [6.07, 6.45) is 5.13. The van der Waals surface area contributed by atoms with Crippen LogP contribution >= 0.6 is 0 Å². The van der Waals surface area contributed by atoms with Gasteiger partial charge in [-0.05, 0) is 43.4 Å². The second kappa shape index (κ2) is 12.9. The second-order valence-electron chi connectivity index (χ2n) is 11.5. The molecule has 0 aromatic carbocycles. The van der Waals surface area contributed by atoms with E-state index in [2.05, 4.69) is 36.0 Å². The number of nitrogens with zero attached hydrogens (tertiary/aromatic N) is 8. The van der Waals surface area contributed by atoms with Gasteiger partial charge in [0.05, 0.1) is 30.6 Å². The molecule has 0 amide bonds. The van der Waals surface area contributed by atoms with Crippen LogP contribution in [-0.4, -0.2) is 89.1 Å². The fourth-order valence-corrected chi connectivity index (χ4v) is 6.03. The quantitative estimate of drug-likeness (QED) is 0.242. The van der Waals surface area contributed by atoms with Crippen molar-refractivity contribution in [3.63, 3.8) is 0 Å². The number of fused-ring (bicyclic) bond motifs is 1. The van der Waals surface area contributed by atoms with Crippen molar-refractivity contribution in [2.75, 3.05) is 26.2 Å². The summed E-state index contributed by atoms with van der Waals surface area (Å²) >= 11 is 0. The van der Waals surface area contributed by atoms with Crippen LogP contribution in [0, 0.1) is 11.3 Å². The Labute approximate surface area is 252 Å². The van der Waals surface area contributed by atoms with Crippen molar-refractivity contribution >= 4 is 11.0 Å². The number of H-pyrrole nitrogens is 1. The number of β-amino-alcohol motifs (C(OH)–C–C–N with tert-alkyl or cyclic N) is 1. The van der Waals surface area contributed by atoms with Crippen molar-refractivity contribution in [3.05, 3.63) is 54.4 Å². The van der Waals surface area contributed by atoms with Crippen LogP contribution in [0.25, 0.3) is 22.3 Å². The topological polar surface area (TPSA) is 132 Å². The van der Waals surface area contributed by atoms with Gasteiger partial charge in [0.25, 0.3) is 0 Å². The standard InChI is InChI=1S/C30H34F3N9O2/c31-30(32,33)26-11-20(14-40-17-23(43)18-40)12-27(39-26)44-24-5-9-41(10-6-24)22(3-1-2-7-34)16-42-15-21(13-38-42)28-25-4-8-35-29(25)37-19-36-28/h4,8,11-13,15,19,22-24,43H,1-3,5-6,9-10,14,16-18H2,(H,35,36,37)/t22-/m0/s1. The molecule has 0 spiro atoms. The van der Waals surface area contributed by atoms with E-state index in [-0.39, 0.29) is 18.0 Å². The Kier molecular flexibility index (Phi) is 8.79. The van der Waals surface area contributed by atoms with E-state index in [1.54, 1.807) is 12.3 Å². The molecule has 11 nitrogen and oxygen atoms in total. The second-order valence-corrected chi connectivity index (χ2v) is 11.5. The lowest BCUT2D eigenvalue weighted by atomic mass is 10.0. The lowest BCUT2D eigenvalue weighted by molar-refractivity contribution is -0.141. The van der Waals surface area contributed by atoms with E-state index >= 15 is 0 Å². The molecule has 0 saturated carbocycles. The van der Waals surface area contributed by atoms with Crippen LogP contribution < -0.4 is 4.74 Å². The van der Waals surface area contributed by atoms with Crippen LogP contribution in [-0.2, 0) is 19.3 Å². The highest BCUT2D eigenvalue weighted by molar-refractivity contribution is 5.89. The number of rotatable bonds is 11. The van der Waals surface area contributed by atoms with E-state index in [1.165, 1.54) is 6.33 Å². The molecule has 6 rings (SSSR count). The minimum Gasteiger partial charge on any atom is -0.474 e. The number of hydrogen-bond donors (Lipinski definition) is 2. The molecule has 0 aliphatic carbocycles. The first kappa shape index (κ1) is 30.0. The first-order valence-corrected chi connectivity index (χ1v) is 14.8. The van der Waals surface area contributed by atoms with Crippen molar-refractivity contribution in [2.45, 2.75) is 69.6 Å². The molecule has 4 aromatic rings. The minimum atomic E-state index is -4.59. The summed E-state index contributed by atoms with van der Waals surface area (Å²) in [7, 11) is 0. The first-order valence-electron chi connectivity index (χ1n) is 14.8. The Hall–Kier alpha value is -4.06. The number of aromatic amines is 1. The number of hydrogen-bond acceptors (Lipinski definition) is 9. The molecule has 4 aromatic heterocycles. The molecular formula is C30H34F3N9O2. The van der Waals surface area contributed by atoms with Crippen molar-refractivity contribution in [1.82, 2.24) is 39.5 Å². The summed E-state index contributed by atoms with van der Waals surface area (Å²) < 4.78 is 48.8. The van der Waals surface area contributed by atoms with Gasteiger partial charge in [0.15, 0.2) is 0 Å². The fourth-order valence-electron chi connectivity index (χ4n) is 6.03. The third-order valence-electron chi connectivity index (χ3n) is 8.26. The molecule has 1 atom stereocenters. The van der Waals surface area contributed by atoms with Gasteiger partial charge in [-0.3, -0.25) is 14.5 Å². The monoisotopic (exact) mass is 609 g/mol. The van der Waals surface area contributed by atoms with Crippen LogP contribution in [0.4, 0.5) is 13.2 Å². The number of piperidine rings is 1. The Bertz CT molecular complexity index is 1600. The lowest BCUT2D eigenvalue weighted by Gasteiger charge is -2.37. The maximum absolute atomic E-state index is 13.6. The zero-order chi connectivity index (χ0) is 30.7. The van der Waals surface area contributed by atoms with Gasteiger partial charge in [-0.2, -0.15) is 23.5 Å². The Morgan fingerprint density at radius 2 is 2.00 bits per heavy atom. The average Bonchev–Trinajstić information content (AvgIpc) is 3.66. The zero-order valence-electron chi connectivity index (χ0n) is 24.1. The summed E-state index contributed by atoms with van der Waals surface area (Å²) in [6.45, 7) is 3.19. The van der Waals surface area contributed by atoms with Crippen molar-refractivity contribution in [2.24, 2.45) is 0 Å². The smallest absolute Gasteiger partial charge is 0.433 e.